The van der Waals surface area contributed by atoms with Gasteiger partial charge in [0.25, 0.3) is 0 Å². The van der Waals surface area contributed by atoms with Crippen LogP contribution < -0.4 is 4.90 Å². The molecule has 0 saturated carbocycles. The Hall–Kier alpha value is -3.34. The number of hydrogen-bond acceptors (Lipinski definition) is 4. The largest absolute Gasteiger partial charge is 0.512 e. The molecule has 6 heteroatoms. The van der Waals surface area contributed by atoms with Crippen molar-refractivity contribution in [3.05, 3.63) is 91.6 Å². The summed E-state index contributed by atoms with van der Waals surface area (Å²) in [7, 11) is 0. The normalized spacial score (nSPS) is 13.8. The van der Waals surface area contributed by atoms with Gasteiger partial charge in [0.2, 0.25) is 0 Å². The number of fused-ring (bicyclic) bond motifs is 6. The first-order valence-electron chi connectivity index (χ1n) is 11.4. The predicted molar refractivity (Wildman–Crippen MR) is 140 cm³/mol. The van der Waals surface area contributed by atoms with Gasteiger partial charge in [0, 0.05) is 42.5 Å². The fraction of sp³-hybridized carbons (Fsp3) is 0.172. The maximum atomic E-state index is 10.0. The van der Waals surface area contributed by atoms with Crippen molar-refractivity contribution in [1.29, 1.82) is 0 Å². The van der Waals surface area contributed by atoms with Gasteiger partial charge in [-0.05, 0) is 57.6 Å². The third-order valence-corrected chi connectivity index (χ3v) is 6.08. The molecule has 0 aliphatic carbocycles. The van der Waals surface area contributed by atoms with Gasteiger partial charge in [-0.15, -0.1) is 6.07 Å². The molecule has 1 N–H and O–H groups in total. The summed E-state index contributed by atoms with van der Waals surface area (Å²) in [4.78, 5) is 14.4. The molecule has 3 heterocycles. The summed E-state index contributed by atoms with van der Waals surface area (Å²) in [5.74, 6) is -0.0625. The number of aromatic nitrogens is 1. The molecule has 5 aromatic rings. The minimum absolute atomic E-state index is 0. The summed E-state index contributed by atoms with van der Waals surface area (Å²) >= 11 is 0. The molecule has 0 spiro atoms. The van der Waals surface area contributed by atoms with E-state index < -0.39 is 0 Å². The minimum atomic E-state index is -0.125. The molecule has 1 radical (unpaired) electrons. The summed E-state index contributed by atoms with van der Waals surface area (Å²) in [5, 5.41) is 13.5. The van der Waals surface area contributed by atoms with Crippen LogP contribution >= 0.6 is 0 Å². The van der Waals surface area contributed by atoms with Gasteiger partial charge in [0.05, 0.1) is 11.3 Å². The summed E-state index contributed by atoms with van der Waals surface area (Å²) in [6.07, 6.45) is 5.42. The maximum Gasteiger partial charge on any atom is 0.155 e. The standard InChI is InChI=1S/C24H19N3.C5H8O2.Ir/c1-16(2)25-13-14-26(15-25)21-11-6-12-22-23(21)19-9-5-8-18-17-7-3-4-10-20(17)27(22)24(18)19;1-4(6)3-5(2)7;/h3-10,12-16H,1-2H3;3,6H,1-2H3;/q-2;;/b;4-3-;. The minimum Gasteiger partial charge on any atom is -0.512 e. The molecule has 5 nitrogen and oxygen atoms in total. The Morgan fingerprint density at radius 2 is 1.69 bits per heavy atom. The zero-order valence-corrected chi connectivity index (χ0v) is 22.5. The predicted octanol–water partition coefficient (Wildman–Crippen LogP) is 6.79. The Kier molecular flexibility index (Phi) is 6.88. The molecule has 2 aromatic heterocycles. The Bertz CT molecular complexity index is 1580. The molecule has 3 aromatic carbocycles. The second-order valence-corrected chi connectivity index (χ2v) is 8.90. The summed E-state index contributed by atoms with van der Waals surface area (Å²) in [6.45, 7) is 9.40. The Labute approximate surface area is 218 Å². The fourth-order valence-electron chi connectivity index (χ4n) is 4.70. The first-order chi connectivity index (χ1) is 16.4. The van der Waals surface area contributed by atoms with E-state index in [2.05, 4.69) is 102 Å². The summed E-state index contributed by atoms with van der Waals surface area (Å²) < 4.78 is 2.41. The van der Waals surface area contributed by atoms with Crippen molar-refractivity contribution in [3.63, 3.8) is 0 Å². The summed E-state index contributed by atoms with van der Waals surface area (Å²) in [6, 6.07) is 23.5. The molecule has 1 aliphatic heterocycles. The number of benzene rings is 3. The van der Waals surface area contributed by atoms with Crippen molar-refractivity contribution < 1.29 is 30.0 Å². The topological polar surface area (TPSA) is 48.2 Å². The zero-order valence-electron chi connectivity index (χ0n) is 20.1. The third-order valence-electron chi connectivity index (χ3n) is 6.08. The van der Waals surface area contributed by atoms with Crippen LogP contribution in [0.25, 0.3) is 38.1 Å². The van der Waals surface area contributed by atoms with Gasteiger partial charge >= 0.3 is 0 Å². The van der Waals surface area contributed by atoms with E-state index in [4.69, 9.17) is 5.11 Å². The van der Waals surface area contributed by atoms with E-state index in [1.165, 1.54) is 58.0 Å². The fourth-order valence-corrected chi connectivity index (χ4v) is 4.70. The number of aliphatic hydroxyl groups excluding tert-OH is 1. The number of carbonyl (C=O) groups is 1. The number of anilines is 1. The van der Waals surface area contributed by atoms with Gasteiger partial charge in [-0.2, -0.15) is 18.8 Å². The Morgan fingerprint density at radius 1 is 0.971 bits per heavy atom. The number of hydrogen-bond donors (Lipinski definition) is 1. The molecule has 1 aliphatic rings. The molecular formula is C29H27IrN3O2-2. The van der Waals surface area contributed by atoms with Gasteiger partial charge in [-0.25, -0.2) is 0 Å². The molecule has 0 atom stereocenters. The van der Waals surface area contributed by atoms with Crippen LogP contribution in [0.3, 0.4) is 0 Å². The number of carbonyl (C=O) groups excluding carboxylic acids is 1. The SMILES string of the molecule is CC(=O)/C=C(/C)O.CC(C)N1C=CN(c2[c-]ccc3c2c2cccc4c5ccccc5n3c42)[CH-]1.[Ir]. The van der Waals surface area contributed by atoms with Gasteiger partial charge in [0.1, 0.15) is 0 Å². The molecular weight excluding hydrogens is 615 g/mol. The van der Waals surface area contributed by atoms with Gasteiger partial charge in [-0.1, -0.05) is 53.0 Å². The first-order valence-corrected chi connectivity index (χ1v) is 11.4. The van der Waals surface area contributed by atoms with Crippen molar-refractivity contribution in [1.82, 2.24) is 9.30 Å². The van der Waals surface area contributed by atoms with Crippen LogP contribution in [0, 0.1) is 12.7 Å². The average molecular weight is 642 g/mol. The van der Waals surface area contributed by atoms with Crippen LogP contribution in [-0.4, -0.2) is 26.2 Å². The molecule has 181 valence electrons. The van der Waals surface area contributed by atoms with Crippen LogP contribution in [0.2, 0.25) is 0 Å². The number of rotatable bonds is 3. The zero-order chi connectivity index (χ0) is 24.0. The number of nitrogens with zero attached hydrogens (tertiary/aromatic N) is 3. The number of ketones is 1. The van der Waals surface area contributed by atoms with Crippen molar-refractivity contribution in [2.75, 3.05) is 4.90 Å². The van der Waals surface area contributed by atoms with E-state index >= 15 is 0 Å². The van der Waals surface area contributed by atoms with E-state index in [1.54, 1.807) is 0 Å². The van der Waals surface area contributed by atoms with E-state index in [-0.39, 0.29) is 31.6 Å². The second kappa shape index (κ2) is 9.73. The third kappa shape index (κ3) is 4.29. The molecule has 6 rings (SSSR count). The van der Waals surface area contributed by atoms with Crippen molar-refractivity contribution >= 4 is 49.6 Å². The van der Waals surface area contributed by atoms with Crippen molar-refractivity contribution in [2.45, 2.75) is 33.7 Å². The quantitative estimate of drug-likeness (QED) is 0.134. The van der Waals surface area contributed by atoms with Crippen LogP contribution in [-0.2, 0) is 24.9 Å². The number of allylic oxidation sites excluding steroid dienone is 2. The van der Waals surface area contributed by atoms with Crippen molar-refractivity contribution in [2.24, 2.45) is 0 Å². The van der Waals surface area contributed by atoms with E-state index in [1.807, 2.05) is 6.07 Å². The Balaban J connectivity index is 0.000000320. The average Bonchev–Trinajstić information content (AvgIpc) is 3.50. The number of aliphatic hydroxyl groups is 1. The molecule has 0 bridgehead atoms. The molecule has 0 amide bonds. The number of para-hydroxylation sites is 2. The monoisotopic (exact) mass is 642 g/mol. The second-order valence-electron chi connectivity index (χ2n) is 8.90. The molecule has 0 unspecified atom stereocenters. The maximum absolute atomic E-state index is 10.0. The first kappa shape index (κ1) is 24.8. The van der Waals surface area contributed by atoms with Gasteiger partial charge < -0.3 is 19.3 Å². The smallest absolute Gasteiger partial charge is 0.155 e. The van der Waals surface area contributed by atoms with Gasteiger partial charge in [-0.3, -0.25) is 4.79 Å². The van der Waals surface area contributed by atoms with Gasteiger partial charge in [0.15, 0.2) is 5.78 Å². The summed E-state index contributed by atoms with van der Waals surface area (Å²) in [5.41, 5.74) is 4.91. The van der Waals surface area contributed by atoms with Crippen molar-refractivity contribution in [3.8, 4) is 0 Å². The molecule has 0 saturated heterocycles. The molecule has 35 heavy (non-hydrogen) atoms. The molecule has 0 fully saturated rings. The van der Waals surface area contributed by atoms with Crippen LogP contribution in [0.1, 0.15) is 27.7 Å². The Morgan fingerprint density at radius 3 is 2.34 bits per heavy atom. The van der Waals surface area contributed by atoms with Crippen LogP contribution in [0.4, 0.5) is 5.69 Å². The van der Waals surface area contributed by atoms with E-state index in [0.29, 0.717) is 6.04 Å². The van der Waals surface area contributed by atoms with E-state index in [0.717, 1.165) is 5.69 Å². The van der Waals surface area contributed by atoms with Crippen LogP contribution in [0.15, 0.2) is 78.8 Å². The van der Waals surface area contributed by atoms with E-state index in [9.17, 15) is 4.79 Å². The van der Waals surface area contributed by atoms with Crippen LogP contribution in [0.5, 0.6) is 0 Å².